The van der Waals surface area contributed by atoms with Crippen LogP contribution in [0.4, 0.5) is 0 Å². The van der Waals surface area contributed by atoms with E-state index in [1.165, 1.54) is 11.1 Å². The zero-order chi connectivity index (χ0) is 11.5. The van der Waals surface area contributed by atoms with Crippen molar-refractivity contribution in [3.05, 3.63) is 35.4 Å². The molecule has 1 rings (SSSR count). The second kappa shape index (κ2) is 4.80. The Labute approximate surface area is 93.9 Å². The molecule has 0 aliphatic carbocycles. The fraction of sp³-hybridized carbons (Fsp3) is 0.571. The van der Waals surface area contributed by atoms with E-state index in [1.807, 2.05) is 0 Å². The van der Waals surface area contributed by atoms with Crippen molar-refractivity contribution in [1.82, 2.24) is 5.32 Å². The Balaban J connectivity index is 2.87. The third kappa shape index (κ3) is 3.67. The van der Waals surface area contributed by atoms with Crippen LogP contribution in [0.15, 0.2) is 24.3 Å². The Hall–Kier alpha value is -0.820. The molecule has 0 saturated heterocycles. The number of hydrogen-bond acceptors (Lipinski definition) is 1. The maximum Gasteiger partial charge on any atom is 0.0210 e. The summed E-state index contributed by atoms with van der Waals surface area (Å²) in [5, 5.41) is 3.47. The van der Waals surface area contributed by atoms with E-state index < -0.39 is 0 Å². The van der Waals surface area contributed by atoms with Crippen LogP contribution < -0.4 is 5.32 Å². The Morgan fingerprint density at radius 3 is 2.27 bits per heavy atom. The van der Waals surface area contributed by atoms with Crippen LogP contribution in [0.5, 0.6) is 0 Å². The maximum atomic E-state index is 3.47. The lowest BCUT2D eigenvalue weighted by atomic mass is 9.84. The highest BCUT2D eigenvalue weighted by Gasteiger charge is 2.16. The molecule has 0 spiro atoms. The SMILES string of the molecule is CC(C)NCc1ccccc1C(C)(C)C. The van der Waals surface area contributed by atoms with Crippen molar-refractivity contribution in [1.29, 1.82) is 0 Å². The second-order valence-electron chi connectivity index (χ2n) is 5.44. The fourth-order valence-corrected chi connectivity index (χ4v) is 1.72. The van der Waals surface area contributed by atoms with Crippen molar-refractivity contribution in [3.8, 4) is 0 Å². The van der Waals surface area contributed by atoms with Crippen molar-refractivity contribution in [2.24, 2.45) is 0 Å². The van der Waals surface area contributed by atoms with Crippen LogP contribution in [-0.4, -0.2) is 6.04 Å². The summed E-state index contributed by atoms with van der Waals surface area (Å²) in [5.41, 5.74) is 3.09. The number of nitrogens with one attached hydrogen (secondary N) is 1. The summed E-state index contributed by atoms with van der Waals surface area (Å²) in [6.07, 6.45) is 0. The number of rotatable bonds is 3. The van der Waals surface area contributed by atoms with E-state index in [-0.39, 0.29) is 5.41 Å². The third-order valence-electron chi connectivity index (χ3n) is 2.53. The molecule has 1 aromatic carbocycles. The molecule has 0 amide bonds. The van der Waals surface area contributed by atoms with Crippen LogP contribution in [0, 0.1) is 0 Å². The van der Waals surface area contributed by atoms with Crippen LogP contribution >= 0.6 is 0 Å². The lowest BCUT2D eigenvalue weighted by Gasteiger charge is -2.23. The molecule has 0 fully saturated rings. The predicted molar refractivity (Wildman–Crippen MR) is 67.1 cm³/mol. The minimum atomic E-state index is 0.231. The average Bonchev–Trinajstić information content (AvgIpc) is 2.13. The summed E-state index contributed by atoms with van der Waals surface area (Å²) in [7, 11) is 0. The van der Waals surface area contributed by atoms with Gasteiger partial charge in [-0.25, -0.2) is 0 Å². The molecule has 0 saturated carbocycles. The smallest absolute Gasteiger partial charge is 0.0210 e. The molecule has 0 radical (unpaired) electrons. The molecule has 0 aromatic heterocycles. The van der Waals surface area contributed by atoms with Crippen LogP contribution in [0.2, 0.25) is 0 Å². The first-order valence-corrected chi connectivity index (χ1v) is 5.73. The van der Waals surface area contributed by atoms with Gasteiger partial charge in [-0.2, -0.15) is 0 Å². The van der Waals surface area contributed by atoms with Crippen LogP contribution in [-0.2, 0) is 12.0 Å². The summed E-state index contributed by atoms with van der Waals surface area (Å²) in [6.45, 7) is 12.1. The third-order valence-corrected chi connectivity index (χ3v) is 2.53. The monoisotopic (exact) mass is 205 g/mol. The first-order valence-electron chi connectivity index (χ1n) is 5.73. The summed E-state index contributed by atoms with van der Waals surface area (Å²) >= 11 is 0. The Morgan fingerprint density at radius 2 is 1.73 bits per heavy atom. The van der Waals surface area contributed by atoms with E-state index in [4.69, 9.17) is 0 Å². The first kappa shape index (κ1) is 12.3. The van der Waals surface area contributed by atoms with Gasteiger partial charge in [-0.05, 0) is 16.5 Å². The molecule has 1 heteroatoms. The van der Waals surface area contributed by atoms with E-state index in [0.29, 0.717) is 6.04 Å². The van der Waals surface area contributed by atoms with E-state index in [9.17, 15) is 0 Å². The highest BCUT2D eigenvalue weighted by Crippen LogP contribution is 2.25. The van der Waals surface area contributed by atoms with Crippen molar-refractivity contribution in [2.45, 2.75) is 52.6 Å². The van der Waals surface area contributed by atoms with E-state index in [0.717, 1.165) is 6.54 Å². The minimum absolute atomic E-state index is 0.231. The van der Waals surface area contributed by atoms with Gasteiger partial charge in [0.15, 0.2) is 0 Å². The molecule has 0 unspecified atom stereocenters. The number of hydrogen-bond donors (Lipinski definition) is 1. The van der Waals surface area contributed by atoms with Crippen molar-refractivity contribution in [3.63, 3.8) is 0 Å². The molecule has 0 aliphatic heterocycles. The summed E-state index contributed by atoms with van der Waals surface area (Å²) < 4.78 is 0. The lowest BCUT2D eigenvalue weighted by molar-refractivity contribution is 0.553. The van der Waals surface area contributed by atoms with Gasteiger partial charge in [0, 0.05) is 12.6 Å². The summed E-state index contributed by atoms with van der Waals surface area (Å²) in [6, 6.07) is 9.23. The van der Waals surface area contributed by atoms with Gasteiger partial charge in [-0.1, -0.05) is 58.9 Å². The van der Waals surface area contributed by atoms with E-state index >= 15 is 0 Å². The van der Waals surface area contributed by atoms with Gasteiger partial charge in [0.2, 0.25) is 0 Å². The molecule has 1 aromatic rings. The molecular weight excluding hydrogens is 182 g/mol. The summed E-state index contributed by atoms with van der Waals surface area (Å²) in [5.74, 6) is 0. The second-order valence-corrected chi connectivity index (χ2v) is 5.44. The minimum Gasteiger partial charge on any atom is -0.310 e. The Morgan fingerprint density at radius 1 is 1.13 bits per heavy atom. The van der Waals surface area contributed by atoms with E-state index in [1.54, 1.807) is 0 Å². The molecule has 0 atom stereocenters. The van der Waals surface area contributed by atoms with Crippen molar-refractivity contribution < 1.29 is 0 Å². The highest BCUT2D eigenvalue weighted by molar-refractivity contribution is 5.32. The van der Waals surface area contributed by atoms with Gasteiger partial charge >= 0.3 is 0 Å². The first-order chi connectivity index (χ1) is 6.91. The Kier molecular flexibility index (Phi) is 3.92. The van der Waals surface area contributed by atoms with Gasteiger partial charge in [0.1, 0.15) is 0 Å². The normalized spacial score (nSPS) is 12.1. The van der Waals surface area contributed by atoms with Crippen LogP contribution in [0.3, 0.4) is 0 Å². The standard InChI is InChI=1S/C14H23N/c1-11(2)15-10-12-8-6-7-9-13(12)14(3,4)5/h6-9,11,15H,10H2,1-5H3. The molecule has 1 nitrogen and oxygen atoms in total. The topological polar surface area (TPSA) is 12.0 Å². The van der Waals surface area contributed by atoms with E-state index in [2.05, 4.69) is 64.2 Å². The lowest BCUT2D eigenvalue weighted by Crippen LogP contribution is -2.24. The zero-order valence-corrected chi connectivity index (χ0v) is 10.6. The van der Waals surface area contributed by atoms with Gasteiger partial charge in [-0.3, -0.25) is 0 Å². The molecule has 84 valence electrons. The fourth-order valence-electron chi connectivity index (χ4n) is 1.72. The maximum absolute atomic E-state index is 3.47. The quantitative estimate of drug-likeness (QED) is 0.796. The number of benzene rings is 1. The van der Waals surface area contributed by atoms with Crippen molar-refractivity contribution in [2.75, 3.05) is 0 Å². The molecular formula is C14H23N. The highest BCUT2D eigenvalue weighted by atomic mass is 14.9. The average molecular weight is 205 g/mol. The Bertz CT molecular complexity index is 307. The predicted octanol–water partition coefficient (Wildman–Crippen LogP) is 3.48. The van der Waals surface area contributed by atoms with Gasteiger partial charge in [0.05, 0.1) is 0 Å². The molecule has 0 aliphatic rings. The largest absolute Gasteiger partial charge is 0.310 e. The van der Waals surface area contributed by atoms with Gasteiger partial charge < -0.3 is 5.32 Å². The molecule has 1 N–H and O–H groups in total. The summed E-state index contributed by atoms with van der Waals surface area (Å²) in [4.78, 5) is 0. The zero-order valence-electron chi connectivity index (χ0n) is 10.6. The van der Waals surface area contributed by atoms with Crippen LogP contribution in [0.25, 0.3) is 0 Å². The molecule has 0 heterocycles. The van der Waals surface area contributed by atoms with Gasteiger partial charge in [0.25, 0.3) is 0 Å². The van der Waals surface area contributed by atoms with Gasteiger partial charge in [-0.15, -0.1) is 0 Å². The molecule has 15 heavy (non-hydrogen) atoms. The van der Waals surface area contributed by atoms with Crippen molar-refractivity contribution >= 4 is 0 Å². The molecule has 0 bridgehead atoms. The van der Waals surface area contributed by atoms with Crippen LogP contribution in [0.1, 0.15) is 45.7 Å².